The maximum absolute atomic E-state index is 4.78. The minimum absolute atomic E-state index is 0.905. The molecule has 0 bridgehead atoms. The van der Waals surface area contributed by atoms with Gasteiger partial charge in [0.1, 0.15) is 17.5 Å². The van der Waals surface area contributed by atoms with Crippen molar-refractivity contribution in [2.24, 2.45) is 0 Å². The number of nitrogens with zero attached hydrogens (tertiary/aromatic N) is 3. The molecule has 1 fully saturated rings. The summed E-state index contributed by atoms with van der Waals surface area (Å²) >= 11 is 0. The molecule has 0 amide bonds. The number of anilines is 2. The molecule has 0 atom stereocenters. The maximum Gasteiger partial charge on any atom is 0.134 e. The smallest absolute Gasteiger partial charge is 0.134 e. The minimum Gasteiger partial charge on any atom is -0.370 e. The molecule has 1 saturated heterocycles. The Morgan fingerprint density at radius 2 is 1.75 bits per heavy atom. The van der Waals surface area contributed by atoms with Crippen LogP contribution in [0.4, 0.5) is 11.6 Å². The van der Waals surface area contributed by atoms with E-state index >= 15 is 0 Å². The van der Waals surface area contributed by atoms with E-state index in [2.05, 4.69) is 35.1 Å². The molecule has 0 saturated carbocycles. The van der Waals surface area contributed by atoms with E-state index in [1.807, 2.05) is 0 Å². The fourth-order valence-corrected chi connectivity index (χ4v) is 2.73. The Labute approximate surface area is 123 Å². The SMILES string of the molecule is CCCc1nc(NCC)cc(N2CCCCCCC2)n1. The zero-order valence-electron chi connectivity index (χ0n) is 13.0. The summed E-state index contributed by atoms with van der Waals surface area (Å²) in [7, 11) is 0. The summed E-state index contributed by atoms with van der Waals surface area (Å²) in [5.74, 6) is 3.06. The minimum atomic E-state index is 0.905. The van der Waals surface area contributed by atoms with Crippen molar-refractivity contribution in [2.75, 3.05) is 29.9 Å². The second kappa shape index (κ2) is 8.08. The molecule has 4 nitrogen and oxygen atoms in total. The third-order valence-electron chi connectivity index (χ3n) is 3.77. The van der Waals surface area contributed by atoms with Crippen molar-refractivity contribution in [1.82, 2.24) is 9.97 Å². The van der Waals surface area contributed by atoms with Crippen molar-refractivity contribution in [3.63, 3.8) is 0 Å². The molecule has 0 unspecified atom stereocenters. The lowest BCUT2D eigenvalue weighted by molar-refractivity contribution is 0.553. The normalized spacial score (nSPS) is 16.6. The fraction of sp³-hybridized carbons (Fsp3) is 0.750. The topological polar surface area (TPSA) is 41.1 Å². The molecule has 20 heavy (non-hydrogen) atoms. The molecule has 0 spiro atoms. The lowest BCUT2D eigenvalue weighted by Crippen LogP contribution is -2.28. The summed E-state index contributed by atoms with van der Waals surface area (Å²) in [6.07, 6.45) is 8.71. The van der Waals surface area contributed by atoms with Crippen molar-refractivity contribution < 1.29 is 0 Å². The Morgan fingerprint density at radius 3 is 2.40 bits per heavy atom. The van der Waals surface area contributed by atoms with Crippen LogP contribution in [0.5, 0.6) is 0 Å². The Bertz CT molecular complexity index is 373. The van der Waals surface area contributed by atoms with Gasteiger partial charge in [0, 0.05) is 32.1 Å². The highest BCUT2D eigenvalue weighted by Crippen LogP contribution is 2.20. The van der Waals surface area contributed by atoms with Gasteiger partial charge in [-0.3, -0.25) is 0 Å². The number of hydrogen-bond donors (Lipinski definition) is 1. The second-order valence-electron chi connectivity index (χ2n) is 5.56. The van der Waals surface area contributed by atoms with Crippen LogP contribution in [-0.4, -0.2) is 29.6 Å². The molecule has 1 aromatic heterocycles. The molecule has 1 aliphatic heterocycles. The van der Waals surface area contributed by atoms with E-state index in [1.165, 1.54) is 32.1 Å². The number of nitrogens with one attached hydrogen (secondary N) is 1. The molecular formula is C16H28N4. The van der Waals surface area contributed by atoms with Crippen LogP contribution < -0.4 is 10.2 Å². The van der Waals surface area contributed by atoms with Crippen LogP contribution in [0.25, 0.3) is 0 Å². The van der Waals surface area contributed by atoms with E-state index in [9.17, 15) is 0 Å². The van der Waals surface area contributed by atoms with Gasteiger partial charge in [-0.2, -0.15) is 0 Å². The summed E-state index contributed by atoms with van der Waals surface area (Å²) in [6.45, 7) is 7.46. The molecular weight excluding hydrogens is 248 g/mol. The van der Waals surface area contributed by atoms with Crippen LogP contribution in [0.2, 0.25) is 0 Å². The Balaban J connectivity index is 2.18. The summed E-state index contributed by atoms with van der Waals surface area (Å²) < 4.78 is 0. The molecule has 112 valence electrons. The highest BCUT2D eigenvalue weighted by molar-refractivity contribution is 5.49. The Kier molecular flexibility index (Phi) is 6.09. The quantitative estimate of drug-likeness (QED) is 0.891. The summed E-state index contributed by atoms with van der Waals surface area (Å²) in [5, 5.41) is 3.34. The van der Waals surface area contributed by atoms with Crippen molar-refractivity contribution in [3.05, 3.63) is 11.9 Å². The zero-order chi connectivity index (χ0) is 14.2. The van der Waals surface area contributed by atoms with Gasteiger partial charge in [-0.25, -0.2) is 9.97 Å². The molecule has 0 aromatic carbocycles. The summed E-state index contributed by atoms with van der Waals surface area (Å²) in [5.41, 5.74) is 0. The predicted molar refractivity (Wildman–Crippen MR) is 85.5 cm³/mol. The molecule has 0 aliphatic carbocycles. The highest BCUT2D eigenvalue weighted by atomic mass is 15.2. The van der Waals surface area contributed by atoms with E-state index in [0.29, 0.717) is 0 Å². The monoisotopic (exact) mass is 276 g/mol. The lowest BCUT2D eigenvalue weighted by atomic mass is 10.1. The Morgan fingerprint density at radius 1 is 1.05 bits per heavy atom. The van der Waals surface area contributed by atoms with E-state index in [0.717, 1.165) is 49.9 Å². The average Bonchev–Trinajstić information content (AvgIpc) is 2.38. The molecule has 1 aliphatic rings. The molecule has 4 heteroatoms. The van der Waals surface area contributed by atoms with E-state index in [-0.39, 0.29) is 0 Å². The third-order valence-corrected chi connectivity index (χ3v) is 3.77. The van der Waals surface area contributed by atoms with E-state index in [1.54, 1.807) is 0 Å². The van der Waals surface area contributed by atoms with Gasteiger partial charge in [-0.15, -0.1) is 0 Å². The molecule has 1 aromatic rings. The van der Waals surface area contributed by atoms with E-state index in [4.69, 9.17) is 4.98 Å². The van der Waals surface area contributed by atoms with Crippen LogP contribution in [0.1, 0.15) is 58.2 Å². The van der Waals surface area contributed by atoms with Gasteiger partial charge in [0.15, 0.2) is 0 Å². The number of aromatic nitrogens is 2. The summed E-state index contributed by atoms with van der Waals surface area (Å²) in [4.78, 5) is 11.8. The van der Waals surface area contributed by atoms with Gasteiger partial charge in [-0.1, -0.05) is 26.2 Å². The van der Waals surface area contributed by atoms with Crippen LogP contribution in [0.15, 0.2) is 6.07 Å². The third kappa shape index (κ3) is 4.36. The molecule has 2 rings (SSSR count). The largest absolute Gasteiger partial charge is 0.370 e. The first-order valence-corrected chi connectivity index (χ1v) is 8.20. The first-order chi connectivity index (χ1) is 9.83. The van der Waals surface area contributed by atoms with Gasteiger partial charge in [0.2, 0.25) is 0 Å². The maximum atomic E-state index is 4.78. The van der Waals surface area contributed by atoms with Gasteiger partial charge in [0.25, 0.3) is 0 Å². The van der Waals surface area contributed by atoms with Gasteiger partial charge < -0.3 is 10.2 Å². The molecule has 0 radical (unpaired) electrons. The van der Waals surface area contributed by atoms with Crippen molar-refractivity contribution >= 4 is 11.6 Å². The standard InChI is InChI=1S/C16H28N4/c1-3-10-14-18-15(17-4-2)13-16(19-14)20-11-8-6-5-7-9-12-20/h13H,3-12H2,1-2H3,(H,17,18,19). The van der Waals surface area contributed by atoms with Crippen LogP contribution in [0, 0.1) is 0 Å². The lowest BCUT2D eigenvalue weighted by Gasteiger charge is -2.26. The molecule has 2 heterocycles. The number of hydrogen-bond acceptors (Lipinski definition) is 4. The first kappa shape index (κ1) is 15.1. The van der Waals surface area contributed by atoms with Gasteiger partial charge in [-0.05, 0) is 26.2 Å². The predicted octanol–water partition coefficient (Wildman–Crippen LogP) is 3.63. The van der Waals surface area contributed by atoms with Crippen LogP contribution in [0.3, 0.4) is 0 Å². The van der Waals surface area contributed by atoms with Crippen molar-refractivity contribution in [2.45, 2.75) is 58.8 Å². The van der Waals surface area contributed by atoms with Gasteiger partial charge in [0.05, 0.1) is 0 Å². The number of aryl methyl sites for hydroxylation is 1. The van der Waals surface area contributed by atoms with Gasteiger partial charge >= 0.3 is 0 Å². The van der Waals surface area contributed by atoms with Crippen LogP contribution >= 0.6 is 0 Å². The molecule has 1 N–H and O–H groups in total. The average molecular weight is 276 g/mol. The highest BCUT2D eigenvalue weighted by Gasteiger charge is 2.13. The van der Waals surface area contributed by atoms with Crippen LogP contribution in [-0.2, 0) is 6.42 Å². The number of rotatable bonds is 5. The Hall–Kier alpha value is -1.32. The van der Waals surface area contributed by atoms with Crippen molar-refractivity contribution in [1.29, 1.82) is 0 Å². The van der Waals surface area contributed by atoms with Crippen molar-refractivity contribution in [3.8, 4) is 0 Å². The fourth-order valence-electron chi connectivity index (χ4n) is 2.73. The first-order valence-electron chi connectivity index (χ1n) is 8.20. The zero-order valence-corrected chi connectivity index (χ0v) is 13.0. The van der Waals surface area contributed by atoms with E-state index < -0.39 is 0 Å². The summed E-state index contributed by atoms with van der Waals surface area (Å²) in [6, 6.07) is 2.12. The second-order valence-corrected chi connectivity index (χ2v) is 5.56.